The van der Waals surface area contributed by atoms with Gasteiger partial charge in [0.15, 0.2) is 0 Å². The van der Waals surface area contributed by atoms with Crippen molar-refractivity contribution in [3.8, 4) is 11.4 Å². The monoisotopic (exact) mass is 266 g/mol. The van der Waals surface area contributed by atoms with Crippen LogP contribution in [0.1, 0.15) is 53.1 Å². The number of aromatic amines is 1. The van der Waals surface area contributed by atoms with Crippen molar-refractivity contribution >= 4 is 0 Å². The van der Waals surface area contributed by atoms with E-state index in [9.17, 15) is 0 Å². The van der Waals surface area contributed by atoms with Crippen LogP contribution >= 0.6 is 0 Å². The lowest BCUT2D eigenvalue weighted by Gasteiger charge is -1.95. The predicted molar refractivity (Wildman–Crippen MR) is 84.3 cm³/mol. The average molecular weight is 266 g/mol. The van der Waals surface area contributed by atoms with Crippen LogP contribution in [0.25, 0.3) is 11.4 Å². The summed E-state index contributed by atoms with van der Waals surface area (Å²) in [5.41, 5.74) is 3.10. The molecule has 2 aromatic heterocycles. The second-order valence-electron chi connectivity index (χ2n) is 3.18. The first-order valence-electron chi connectivity index (χ1n) is 7.19. The number of H-pyrrole nitrogens is 1. The summed E-state index contributed by atoms with van der Waals surface area (Å²) >= 11 is 0. The fourth-order valence-electron chi connectivity index (χ4n) is 1.41. The molecule has 19 heavy (non-hydrogen) atoms. The average Bonchev–Trinajstić information content (AvgIpc) is 3.02. The van der Waals surface area contributed by atoms with Gasteiger partial charge >= 0.3 is 0 Å². The van der Waals surface area contributed by atoms with E-state index >= 15 is 0 Å². The van der Waals surface area contributed by atoms with Gasteiger partial charge in [0, 0.05) is 7.05 Å². The highest BCUT2D eigenvalue weighted by Gasteiger charge is 2.06. The van der Waals surface area contributed by atoms with Crippen molar-refractivity contribution in [1.29, 1.82) is 0 Å². The summed E-state index contributed by atoms with van der Waals surface area (Å²) in [6.07, 6.45) is 1.83. The Labute approximate surface area is 118 Å². The number of aromatic nitrogens is 4. The molecule has 0 atom stereocenters. The lowest BCUT2D eigenvalue weighted by atomic mass is 10.3. The molecular formula is C15H30N4. The van der Waals surface area contributed by atoms with Gasteiger partial charge in [0.05, 0.1) is 23.3 Å². The van der Waals surface area contributed by atoms with E-state index in [2.05, 4.69) is 15.1 Å². The molecule has 2 rings (SSSR count). The Balaban J connectivity index is 0. The van der Waals surface area contributed by atoms with Crippen LogP contribution < -0.4 is 0 Å². The number of imidazole rings is 1. The van der Waals surface area contributed by atoms with Gasteiger partial charge in [-0.05, 0) is 19.9 Å². The lowest BCUT2D eigenvalue weighted by Crippen LogP contribution is -1.93. The van der Waals surface area contributed by atoms with Gasteiger partial charge in [0.1, 0.15) is 5.82 Å². The minimum Gasteiger partial charge on any atom is -0.341 e. The van der Waals surface area contributed by atoms with Gasteiger partial charge in [0.25, 0.3) is 0 Å². The van der Waals surface area contributed by atoms with E-state index in [1.165, 1.54) is 0 Å². The molecule has 4 heteroatoms. The largest absolute Gasteiger partial charge is 0.341 e. The number of nitrogens with one attached hydrogen (secondary N) is 1. The Morgan fingerprint density at radius 3 is 1.84 bits per heavy atom. The molecule has 0 saturated heterocycles. The highest BCUT2D eigenvalue weighted by atomic mass is 15.3. The summed E-state index contributed by atoms with van der Waals surface area (Å²) in [5, 5.41) is 4.27. The Morgan fingerprint density at radius 1 is 1.00 bits per heavy atom. The van der Waals surface area contributed by atoms with Gasteiger partial charge in [-0.2, -0.15) is 5.10 Å². The van der Waals surface area contributed by atoms with E-state index in [0.717, 1.165) is 22.9 Å². The fraction of sp³-hybridized carbons (Fsp3) is 0.600. The van der Waals surface area contributed by atoms with Crippen LogP contribution in [-0.4, -0.2) is 19.7 Å². The molecule has 4 nitrogen and oxygen atoms in total. The molecule has 0 bridgehead atoms. The second kappa shape index (κ2) is 11.5. The summed E-state index contributed by atoms with van der Waals surface area (Å²) in [4.78, 5) is 7.32. The highest BCUT2D eigenvalue weighted by Crippen LogP contribution is 2.16. The first-order chi connectivity index (χ1) is 9.16. The smallest absolute Gasteiger partial charge is 0.103 e. The van der Waals surface area contributed by atoms with Crippen LogP contribution in [0.3, 0.4) is 0 Å². The molecule has 2 aromatic rings. The van der Waals surface area contributed by atoms with Crippen molar-refractivity contribution in [3.63, 3.8) is 0 Å². The van der Waals surface area contributed by atoms with Gasteiger partial charge in [-0.15, -0.1) is 0 Å². The fourth-order valence-corrected chi connectivity index (χ4v) is 1.41. The highest BCUT2D eigenvalue weighted by molar-refractivity contribution is 5.54. The molecule has 0 saturated carbocycles. The first kappa shape index (κ1) is 19.8. The topological polar surface area (TPSA) is 46.5 Å². The predicted octanol–water partition coefficient (Wildman–Crippen LogP) is 4.51. The normalized spacial score (nSPS) is 8.26. The number of nitrogens with zero attached hydrogens (tertiary/aromatic N) is 3. The maximum absolute atomic E-state index is 4.27. The second-order valence-corrected chi connectivity index (χ2v) is 3.18. The zero-order chi connectivity index (χ0) is 15.4. The number of hydrogen-bond donors (Lipinski definition) is 1. The number of hydrogen-bond acceptors (Lipinski definition) is 2. The molecule has 1 N–H and O–H groups in total. The SMILES string of the molecule is CC.CC.CC.Cc1cc(-c2cnc(C)[nH]2)n(C)n1. The Kier molecular flexibility index (Phi) is 12.0. The van der Waals surface area contributed by atoms with Crippen molar-refractivity contribution < 1.29 is 0 Å². The maximum Gasteiger partial charge on any atom is 0.103 e. The van der Waals surface area contributed by atoms with Crippen LogP contribution in [0.15, 0.2) is 12.3 Å². The van der Waals surface area contributed by atoms with E-state index in [4.69, 9.17) is 0 Å². The third-order valence-electron chi connectivity index (χ3n) is 1.98. The van der Waals surface area contributed by atoms with Crippen molar-refractivity contribution in [3.05, 3.63) is 23.8 Å². The van der Waals surface area contributed by atoms with E-state index in [-0.39, 0.29) is 0 Å². The number of aryl methyl sites for hydroxylation is 3. The number of rotatable bonds is 1. The molecule has 0 fully saturated rings. The van der Waals surface area contributed by atoms with Crippen molar-refractivity contribution in [2.45, 2.75) is 55.4 Å². The summed E-state index contributed by atoms with van der Waals surface area (Å²) in [7, 11) is 1.93. The minimum atomic E-state index is 0.925. The van der Waals surface area contributed by atoms with Gasteiger partial charge in [-0.3, -0.25) is 4.68 Å². The third kappa shape index (κ3) is 6.22. The van der Waals surface area contributed by atoms with Crippen molar-refractivity contribution in [2.24, 2.45) is 7.05 Å². The quantitative estimate of drug-likeness (QED) is 0.825. The minimum absolute atomic E-state index is 0.925. The summed E-state index contributed by atoms with van der Waals surface area (Å²) in [5.74, 6) is 0.925. The van der Waals surface area contributed by atoms with Gasteiger partial charge in [-0.25, -0.2) is 4.98 Å². The maximum atomic E-state index is 4.27. The standard InChI is InChI=1S/C9H12N4.3C2H6/c1-6-4-9(13(3)12-6)8-5-10-7(2)11-8;3*1-2/h4-5H,1-3H3,(H,10,11);3*1-2H3. The van der Waals surface area contributed by atoms with Gasteiger partial charge < -0.3 is 4.98 Å². The van der Waals surface area contributed by atoms with Crippen LogP contribution in [-0.2, 0) is 7.05 Å². The molecule has 0 amide bonds. The lowest BCUT2D eigenvalue weighted by molar-refractivity contribution is 0.762. The molecule has 0 unspecified atom stereocenters. The molecule has 0 aliphatic rings. The Morgan fingerprint density at radius 2 is 1.53 bits per heavy atom. The summed E-state index contributed by atoms with van der Waals surface area (Å²) < 4.78 is 1.85. The van der Waals surface area contributed by atoms with Crippen LogP contribution in [0.5, 0.6) is 0 Å². The molecule has 2 heterocycles. The van der Waals surface area contributed by atoms with Gasteiger partial charge in [0.2, 0.25) is 0 Å². The van der Waals surface area contributed by atoms with E-state index < -0.39 is 0 Å². The van der Waals surface area contributed by atoms with E-state index in [1.54, 1.807) is 0 Å². The van der Waals surface area contributed by atoms with Crippen molar-refractivity contribution in [2.75, 3.05) is 0 Å². The van der Waals surface area contributed by atoms with Crippen LogP contribution in [0.2, 0.25) is 0 Å². The van der Waals surface area contributed by atoms with Crippen molar-refractivity contribution in [1.82, 2.24) is 19.7 Å². The van der Waals surface area contributed by atoms with Crippen LogP contribution in [0, 0.1) is 13.8 Å². The summed E-state index contributed by atoms with van der Waals surface area (Å²) in [6, 6.07) is 2.03. The first-order valence-corrected chi connectivity index (χ1v) is 7.19. The van der Waals surface area contributed by atoms with E-state index in [0.29, 0.717) is 0 Å². The zero-order valence-corrected chi connectivity index (χ0v) is 14.0. The molecule has 0 aromatic carbocycles. The van der Waals surface area contributed by atoms with E-state index in [1.807, 2.05) is 79.4 Å². The third-order valence-corrected chi connectivity index (χ3v) is 1.98. The molecule has 0 radical (unpaired) electrons. The molecule has 0 aliphatic carbocycles. The van der Waals surface area contributed by atoms with Crippen LogP contribution in [0.4, 0.5) is 0 Å². The molecule has 0 spiro atoms. The molecular weight excluding hydrogens is 236 g/mol. The Hall–Kier alpha value is -1.58. The summed E-state index contributed by atoms with van der Waals surface area (Å²) in [6.45, 7) is 15.9. The molecule has 0 aliphatic heterocycles. The van der Waals surface area contributed by atoms with Gasteiger partial charge in [-0.1, -0.05) is 41.5 Å². The molecule has 110 valence electrons. The zero-order valence-electron chi connectivity index (χ0n) is 14.0. The Bertz CT molecular complexity index is 427.